The summed E-state index contributed by atoms with van der Waals surface area (Å²) in [6.07, 6.45) is 0. The van der Waals surface area contributed by atoms with Gasteiger partial charge in [0.25, 0.3) is 0 Å². The highest BCUT2D eigenvalue weighted by Gasteiger charge is 2.22. The zero-order chi connectivity index (χ0) is 13.3. The predicted octanol–water partition coefficient (Wildman–Crippen LogP) is 2.46. The molecule has 2 aromatic rings. The highest BCUT2D eigenvalue weighted by atomic mass is 35.5. The lowest BCUT2D eigenvalue weighted by Gasteiger charge is -2.26. The van der Waals surface area contributed by atoms with Gasteiger partial charge in [-0.15, -0.1) is 11.6 Å². The van der Waals surface area contributed by atoms with Gasteiger partial charge in [0.1, 0.15) is 11.7 Å². The molecule has 0 radical (unpaired) electrons. The van der Waals surface area contributed by atoms with Crippen LogP contribution in [0.15, 0.2) is 18.2 Å². The van der Waals surface area contributed by atoms with E-state index in [1.807, 2.05) is 39.0 Å². The largest absolute Gasteiger partial charge is 0.346 e. The van der Waals surface area contributed by atoms with Crippen LogP contribution in [-0.2, 0) is 10.3 Å². The van der Waals surface area contributed by atoms with E-state index < -0.39 is 5.54 Å². The van der Waals surface area contributed by atoms with Crippen molar-refractivity contribution < 1.29 is 4.79 Å². The highest BCUT2D eigenvalue weighted by Crippen LogP contribution is 2.23. The minimum atomic E-state index is -0.459. The van der Waals surface area contributed by atoms with Crippen molar-refractivity contribution >= 4 is 28.5 Å². The van der Waals surface area contributed by atoms with E-state index in [1.165, 1.54) is 0 Å². The van der Waals surface area contributed by atoms with Crippen LogP contribution in [0.25, 0.3) is 11.0 Å². The van der Waals surface area contributed by atoms with Crippen molar-refractivity contribution in [2.24, 2.45) is 0 Å². The number of alkyl halides is 1. The molecule has 0 saturated carbocycles. The lowest BCUT2D eigenvalue weighted by Crippen LogP contribution is -2.41. The molecule has 2 N–H and O–H groups in total. The Morgan fingerprint density at radius 2 is 2.22 bits per heavy atom. The number of carbonyl (C=O) groups is 1. The van der Waals surface area contributed by atoms with Gasteiger partial charge in [-0.05, 0) is 38.5 Å². The van der Waals surface area contributed by atoms with Gasteiger partial charge in [0.2, 0.25) is 5.91 Å². The minimum Gasteiger partial charge on any atom is -0.346 e. The Hall–Kier alpha value is -1.55. The third kappa shape index (κ3) is 2.48. The van der Waals surface area contributed by atoms with Crippen LogP contribution in [0.2, 0.25) is 0 Å². The summed E-state index contributed by atoms with van der Waals surface area (Å²) in [5.74, 6) is 0.668. The first-order valence-corrected chi connectivity index (χ1v) is 6.29. The third-order valence-electron chi connectivity index (χ3n) is 2.90. The lowest BCUT2D eigenvalue weighted by atomic mass is 9.94. The molecule has 0 aliphatic heterocycles. The molecule has 1 aromatic heterocycles. The van der Waals surface area contributed by atoms with Gasteiger partial charge in [-0.2, -0.15) is 0 Å². The molecule has 0 fully saturated rings. The van der Waals surface area contributed by atoms with Crippen molar-refractivity contribution in [2.45, 2.75) is 26.3 Å². The van der Waals surface area contributed by atoms with Crippen LogP contribution in [0, 0.1) is 6.92 Å². The Labute approximate surface area is 111 Å². The van der Waals surface area contributed by atoms with Gasteiger partial charge in [0.05, 0.1) is 16.6 Å². The van der Waals surface area contributed by atoms with Gasteiger partial charge in [-0.1, -0.05) is 6.07 Å². The SMILES string of the molecule is Cc1nc2ccc(C(C)(C)NC(=O)CCl)cc2[nH]1. The van der Waals surface area contributed by atoms with Crippen molar-refractivity contribution in [3.05, 3.63) is 29.6 Å². The normalized spacial score (nSPS) is 11.8. The number of imidazole rings is 1. The predicted molar refractivity (Wildman–Crippen MR) is 72.7 cm³/mol. The van der Waals surface area contributed by atoms with Crippen molar-refractivity contribution in [1.29, 1.82) is 0 Å². The highest BCUT2D eigenvalue weighted by molar-refractivity contribution is 6.27. The smallest absolute Gasteiger partial charge is 0.235 e. The standard InChI is InChI=1S/C13H16ClN3O/c1-8-15-10-5-4-9(6-11(10)16-8)13(2,3)17-12(18)7-14/h4-6H,7H2,1-3H3,(H,15,16)(H,17,18). The monoisotopic (exact) mass is 265 g/mol. The molecule has 4 nitrogen and oxygen atoms in total. The number of fused-ring (bicyclic) bond motifs is 1. The van der Waals surface area contributed by atoms with E-state index in [9.17, 15) is 4.79 Å². The van der Waals surface area contributed by atoms with Gasteiger partial charge in [0, 0.05) is 0 Å². The molecule has 18 heavy (non-hydrogen) atoms. The maximum Gasteiger partial charge on any atom is 0.235 e. The molecule has 1 aromatic carbocycles. The Morgan fingerprint density at radius 1 is 1.50 bits per heavy atom. The summed E-state index contributed by atoms with van der Waals surface area (Å²) >= 11 is 5.52. The average Bonchev–Trinajstić information content (AvgIpc) is 2.67. The molecule has 0 aliphatic rings. The number of aromatic nitrogens is 2. The molecule has 96 valence electrons. The third-order valence-corrected chi connectivity index (χ3v) is 3.14. The van der Waals surface area contributed by atoms with Crippen LogP contribution in [-0.4, -0.2) is 21.8 Å². The van der Waals surface area contributed by atoms with Crippen molar-refractivity contribution in [2.75, 3.05) is 5.88 Å². The Bertz CT molecular complexity index is 589. The van der Waals surface area contributed by atoms with E-state index in [2.05, 4.69) is 15.3 Å². The number of rotatable bonds is 3. The molecule has 0 atom stereocenters. The number of nitrogens with one attached hydrogen (secondary N) is 2. The summed E-state index contributed by atoms with van der Waals surface area (Å²) in [7, 11) is 0. The number of amides is 1. The topological polar surface area (TPSA) is 57.8 Å². The Balaban J connectivity index is 2.37. The summed E-state index contributed by atoms with van der Waals surface area (Å²) in [5.41, 5.74) is 2.45. The number of hydrogen-bond donors (Lipinski definition) is 2. The van der Waals surface area contributed by atoms with E-state index in [0.29, 0.717) is 0 Å². The van der Waals surface area contributed by atoms with Crippen molar-refractivity contribution in [3.8, 4) is 0 Å². The number of hydrogen-bond acceptors (Lipinski definition) is 2. The van der Waals surface area contributed by atoms with Crippen LogP contribution in [0.5, 0.6) is 0 Å². The van der Waals surface area contributed by atoms with Gasteiger partial charge in [0.15, 0.2) is 0 Å². The van der Waals surface area contributed by atoms with E-state index >= 15 is 0 Å². The molecule has 1 heterocycles. The van der Waals surface area contributed by atoms with E-state index in [-0.39, 0.29) is 11.8 Å². The maximum atomic E-state index is 11.4. The number of nitrogens with zero attached hydrogens (tertiary/aromatic N) is 1. The molecule has 0 aliphatic carbocycles. The van der Waals surface area contributed by atoms with Crippen LogP contribution in [0.3, 0.4) is 0 Å². The number of carbonyl (C=O) groups excluding carboxylic acids is 1. The molecule has 0 spiro atoms. The fourth-order valence-electron chi connectivity index (χ4n) is 1.98. The molecule has 0 bridgehead atoms. The summed E-state index contributed by atoms with van der Waals surface area (Å²) in [4.78, 5) is 18.9. The maximum absolute atomic E-state index is 11.4. The fourth-order valence-corrected chi connectivity index (χ4v) is 2.05. The number of H-pyrrole nitrogens is 1. The fraction of sp³-hybridized carbons (Fsp3) is 0.385. The second-order valence-electron chi connectivity index (χ2n) is 4.86. The van der Waals surface area contributed by atoms with Gasteiger partial charge >= 0.3 is 0 Å². The number of aromatic amines is 1. The zero-order valence-corrected chi connectivity index (χ0v) is 11.4. The van der Waals surface area contributed by atoms with Crippen LogP contribution < -0.4 is 5.32 Å². The van der Waals surface area contributed by atoms with Crippen LogP contribution >= 0.6 is 11.6 Å². The second-order valence-corrected chi connectivity index (χ2v) is 5.13. The molecule has 0 unspecified atom stereocenters. The summed E-state index contributed by atoms with van der Waals surface area (Å²) in [6.45, 7) is 5.81. The first-order chi connectivity index (χ1) is 8.42. The molecular formula is C13H16ClN3O. The van der Waals surface area contributed by atoms with E-state index in [0.717, 1.165) is 22.4 Å². The molecule has 5 heteroatoms. The molecule has 1 amide bonds. The second kappa shape index (κ2) is 4.61. The van der Waals surface area contributed by atoms with Gasteiger partial charge in [-0.25, -0.2) is 4.98 Å². The van der Waals surface area contributed by atoms with E-state index in [1.54, 1.807) is 0 Å². The molecule has 0 saturated heterocycles. The minimum absolute atomic E-state index is 0.0329. The number of halogens is 1. The number of aryl methyl sites for hydroxylation is 1. The quantitative estimate of drug-likeness (QED) is 0.838. The zero-order valence-electron chi connectivity index (χ0n) is 10.7. The average molecular weight is 266 g/mol. The Morgan fingerprint density at radius 3 is 2.89 bits per heavy atom. The van der Waals surface area contributed by atoms with Gasteiger partial charge in [-0.3, -0.25) is 4.79 Å². The molecular weight excluding hydrogens is 250 g/mol. The lowest BCUT2D eigenvalue weighted by molar-refractivity contribution is -0.120. The number of benzene rings is 1. The summed E-state index contributed by atoms with van der Waals surface area (Å²) in [6, 6.07) is 5.92. The first kappa shape index (κ1) is 12.9. The summed E-state index contributed by atoms with van der Waals surface area (Å²) in [5, 5.41) is 2.89. The van der Waals surface area contributed by atoms with Crippen LogP contribution in [0.4, 0.5) is 0 Å². The van der Waals surface area contributed by atoms with Crippen molar-refractivity contribution in [3.63, 3.8) is 0 Å². The van der Waals surface area contributed by atoms with Crippen molar-refractivity contribution in [1.82, 2.24) is 15.3 Å². The van der Waals surface area contributed by atoms with Gasteiger partial charge < -0.3 is 10.3 Å². The van der Waals surface area contributed by atoms with E-state index in [4.69, 9.17) is 11.6 Å². The molecule has 2 rings (SSSR count). The summed E-state index contributed by atoms with van der Waals surface area (Å²) < 4.78 is 0. The Kier molecular flexibility index (Phi) is 3.30. The first-order valence-electron chi connectivity index (χ1n) is 5.76. The van der Waals surface area contributed by atoms with Crippen LogP contribution in [0.1, 0.15) is 25.2 Å².